The highest BCUT2D eigenvalue weighted by molar-refractivity contribution is 7.92. The number of halogens is 3. The Bertz CT molecular complexity index is 1670. The molecule has 0 radical (unpaired) electrons. The Morgan fingerprint density at radius 1 is 1.00 bits per heavy atom. The summed E-state index contributed by atoms with van der Waals surface area (Å²) >= 11 is 0. The van der Waals surface area contributed by atoms with E-state index in [0.29, 0.717) is 34.7 Å². The molecule has 10 nitrogen and oxygen atoms in total. The zero-order valence-corrected chi connectivity index (χ0v) is 23.5. The topological polar surface area (TPSA) is 137 Å². The van der Waals surface area contributed by atoms with Gasteiger partial charge in [-0.15, -0.1) is 0 Å². The average molecular weight is 606 g/mol. The van der Waals surface area contributed by atoms with Crippen LogP contribution in [-0.2, 0) is 33.7 Å². The van der Waals surface area contributed by atoms with Crippen molar-refractivity contribution in [2.45, 2.75) is 19.1 Å². The minimum atomic E-state index is -4.75. The lowest BCUT2D eigenvalue weighted by Crippen LogP contribution is -2.27. The summed E-state index contributed by atoms with van der Waals surface area (Å²) in [5, 5.41) is 5.87. The Labute approximate surface area is 235 Å². The van der Waals surface area contributed by atoms with Crippen molar-refractivity contribution >= 4 is 46.6 Å². The summed E-state index contributed by atoms with van der Waals surface area (Å²) in [5.41, 5.74) is 1.30. The highest BCUT2D eigenvalue weighted by Gasteiger charge is 2.35. The number of sulfonamides is 1. The maximum absolute atomic E-state index is 13.7. The predicted octanol–water partition coefficient (Wildman–Crippen LogP) is 4.59. The molecule has 2 aromatic carbocycles. The van der Waals surface area contributed by atoms with Crippen LogP contribution in [0.15, 0.2) is 73.1 Å². The molecule has 0 saturated carbocycles. The van der Waals surface area contributed by atoms with Gasteiger partial charge in [0.15, 0.2) is 0 Å². The van der Waals surface area contributed by atoms with E-state index >= 15 is 0 Å². The van der Waals surface area contributed by atoms with Crippen LogP contribution in [0.1, 0.15) is 22.3 Å². The number of hydrogen-bond donors (Lipinski definition) is 3. The van der Waals surface area contributed by atoms with Crippen LogP contribution in [0.2, 0.25) is 0 Å². The van der Waals surface area contributed by atoms with Gasteiger partial charge in [-0.25, -0.2) is 18.4 Å². The molecule has 0 aliphatic heterocycles. The molecular formula is C26H25F3N6O4PS+. The quantitative estimate of drug-likeness (QED) is 0.222. The second-order valence-electron chi connectivity index (χ2n) is 8.92. The van der Waals surface area contributed by atoms with Crippen LogP contribution in [0.5, 0.6) is 0 Å². The fourth-order valence-corrected chi connectivity index (χ4v) is 4.97. The van der Waals surface area contributed by atoms with E-state index in [1.807, 2.05) is 0 Å². The minimum absolute atomic E-state index is 0.0667. The number of aromatic nitrogens is 3. The third-order valence-electron chi connectivity index (χ3n) is 6.01. The van der Waals surface area contributed by atoms with Gasteiger partial charge < -0.3 is 10.6 Å². The van der Waals surface area contributed by atoms with Crippen molar-refractivity contribution in [3.8, 4) is 0 Å². The first-order valence-corrected chi connectivity index (χ1v) is 15.0. The number of benzene rings is 2. The van der Waals surface area contributed by atoms with Crippen molar-refractivity contribution < 1.29 is 31.0 Å². The van der Waals surface area contributed by atoms with Gasteiger partial charge in [0.1, 0.15) is 17.2 Å². The molecule has 0 saturated heterocycles. The Morgan fingerprint density at radius 2 is 1.68 bits per heavy atom. The number of alkyl halides is 3. The third-order valence-corrected chi connectivity index (χ3v) is 8.02. The first-order valence-electron chi connectivity index (χ1n) is 12.0. The van der Waals surface area contributed by atoms with Crippen LogP contribution in [0.3, 0.4) is 0 Å². The van der Waals surface area contributed by atoms with Crippen LogP contribution in [-0.4, -0.2) is 41.6 Å². The van der Waals surface area contributed by atoms with E-state index in [0.717, 1.165) is 16.1 Å². The molecule has 0 amide bonds. The number of nitrogens with zero attached hydrogens (tertiary/aromatic N) is 4. The SMILES string of the molecule is CN(c1ncccc1CNc1nc(Nc2ccc(Cc3ccccc3[P+](=O)O)cc2)ncc1C(F)(F)F)S(C)(=O)=O. The number of nitrogens with one attached hydrogen (secondary N) is 2. The zero-order valence-electron chi connectivity index (χ0n) is 21.8. The largest absolute Gasteiger partial charge is 0.546 e. The standard InChI is InChI=1S/C26H24F3N6O4PS/c1-35(41(2,38)39)24-19(7-5-13-30-24)15-31-23-21(26(27,28)29)16-32-25(34-23)33-20-11-9-17(10-12-20)14-18-6-3-4-8-22(18)40(36)37/h3-13,16H,14-15H2,1-2H3,(H2-,31,32,33,34,36,37)/p+1. The molecule has 0 aliphatic rings. The molecule has 0 aliphatic carbocycles. The highest BCUT2D eigenvalue weighted by atomic mass is 32.2. The van der Waals surface area contributed by atoms with Gasteiger partial charge in [0.05, 0.1) is 6.26 Å². The molecule has 214 valence electrons. The number of hydrogen-bond acceptors (Lipinski definition) is 8. The van der Waals surface area contributed by atoms with E-state index in [2.05, 4.69) is 25.6 Å². The van der Waals surface area contributed by atoms with Crippen LogP contribution in [0.25, 0.3) is 0 Å². The van der Waals surface area contributed by atoms with Gasteiger partial charge in [0.2, 0.25) is 21.3 Å². The van der Waals surface area contributed by atoms with E-state index in [1.54, 1.807) is 60.7 Å². The lowest BCUT2D eigenvalue weighted by atomic mass is 10.0. The molecule has 1 atom stereocenters. The van der Waals surface area contributed by atoms with Gasteiger partial charge in [-0.2, -0.15) is 23.0 Å². The first kappa shape index (κ1) is 29.8. The highest BCUT2D eigenvalue weighted by Crippen LogP contribution is 2.34. The molecule has 15 heteroatoms. The van der Waals surface area contributed by atoms with Crippen molar-refractivity contribution in [1.29, 1.82) is 0 Å². The van der Waals surface area contributed by atoms with E-state index in [-0.39, 0.29) is 18.3 Å². The Balaban J connectivity index is 1.54. The first-order chi connectivity index (χ1) is 19.3. The fraction of sp³-hybridized carbons (Fsp3) is 0.192. The second kappa shape index (κ2) is 12.2. The zero-order chi connectivity index (χ0) is 29.8. The number of pyridine rings is 1. The molecule has 41 heavy (non-hydrogen) atoms. The summed E-state index contributed by atoms with van der Waals surface area (Å²) in [5.74, 6) is -0.536. The Morgan fingerprint density at radius 3 is 2.34 bits per heavy atom. The van der Waals surface area contributed by atoms with Crippen LogP contribution in [0, 0.1) is 0 Å². The third kappa shape index (κ3) is 7.54. The summed E-state index contributed by atoms with van der Waals surface area (Å²) < 4.78 is 77.7. The molecule has 2 heterocycles. The lowest BCUT2D eigenvalue weighted by Gasteiger charge is -2.20. The summed E-state index contributed by atoms with van der Waals surface area (Å²) in [7, 11) is -4.85. The monoisotopic (exact) mass is 605 g/mol. The van der Waals surface area contributed by atoms with E-state index < -0.39 is 35.6 Å². The van der Waals surface area contributed by atoms with Crippen LogP contribution >= 0.6 is 8.03 Å². The minimum Gasteiger partial charge on any atom is -0.365 e. The van der Waals surface area contributed by atoms with Crippen molar-refractivity contribution in [2.24, 2.45) is 0 Å². The number of rotatable bonds is 10. The van der Waals surface area contributed by atoms with Gasteiger partial charge in [0, 0.05) is 49.2 Å². The van der Waals surface area contributed by atoms with Crippen molar-refractivity contribution in [3.63, 3.8) is 0 Å². The van der Waals surface area contributed by atoms with Crippen molar-refractivity contribution in [1.82, 2.24) is 15.0 Å². The summed E-state index contributed by atoms with van der Waals surface area (Å²) in [6.07, 6.45) is -1.31. The van der Waals surface area contributed by atoms with Gasteiger partial charge in [-0.05, 0) is 34.4 Å². The van der Waals surface area contributed by atoms with E-state index in [1.165, 1.54) is 13.2 Å². The second-order valence-corrected chi connectivity index (χ2v) is 12.0. The number of anilines is 4. The van der Waals surface area contributed by atoms with E-state index in [9.17, 15) is 31.0 Å². The normalized spacial score (nSPS) is 12.1. The smallest absolute Gasteiger partial charge is 0.365 e. The maximum Gasteiger partial charge on any atom is 0.546 e. The molecule has 0 spiro atoms. The molecule has 0 bridgehead atoms. The predicted molar refractivity (Wildman–Crippen MR) is 150 cm³/mol. The van der Waals surface area contributed by atoms with Crippen LogP contribution in [0.4, 0.5) is 36.4 Å². The van der Waals surface area contributed by atoms with Gasteiger partial charge in [0.25, 0.3) is 0 Å². The molecule has 2 aromatic heterocycles. The molecule has 0 fully saturated rings. The molecular weight excluding hydrogens is 580 g/mol. The lowest BCUT2D eigenvalue weighted by molar-refractivity contribution is -0.137. The Hall–Kier alpha value is -4.13. The van der Waals surface area contributed by atoms with Crippen molar-refractivity contribution in [3.05, 3.63) is 95.3 Å². The summed E-state index contributed by atoms with van der Waals surface area (Å²) in [6.45, 7) is -0.196. The van der Waals surface area contributed by atoms with Crippen LogP contribution < -0.4 is 20.2 Å². The summed E-state index contributed by atoms with van der Waals surface area (Å²) in [4.78, 5) is 21.4. The maximum atomic E-state index is 13.7. The molecule has 3 N–H and O–H groups in total. The van der Waals surface area contributed by atoms with Gasteiger partial charge in [-0.3, -0.25) is 4.31 Å². The molecule has 4 aromatic rings. The van der Waals surface area contributed by atoms with Gasteiger partial charge >= 0.3 is 14.2 Å². The average Bonchev–Trinajstić information content (AvgIpc) is 2.92. The molecule has 1 unspecified atom stereocenters. The molecule has 4 rings (SSSR count). The van der Waals surface area contributed by atoms with Gasteiger partial charge in [-0.1, -0.05) is 36.4 Å². The van der Waals surface area contributed by atoms with Crippen molar-refractivity contribution in [2.75, 3.05) is 28.2 Å². The van der Waals surface area contributed by atoms with E-state index in [4.69, 9.17) is 0 Å². The Kier molecular flexibility index (Phi) is 8.86. The fourth-order valence-electron chi connectivity index (χ4n) is 3.87. The summed E-state index contributed by atoms with van der Waals surface area (Å²) in [6, 6.07) is 16.8.